The van der Waals surface area contributed by atoms with Crippen LogP contribution in [0.15, 0.2) is 24.3 Å². The fourth-order valence-corrected chi connectivity index (χ4v) is 2.33. The Hall–Kier alpha value is -1.75. The zero-order valence-corrected chi connectivity index (χ0v) is 12.4. The minimum Gasteiger partial charge on any atom is -0.508 e. The van der Waals surface area contributed by atoms with Gasteiger partial charge in [0.15, 0.2) is 0 Å². The molecule has 1 fully saturated rings. The van der Waals surface area contributed by atoms with Crippen molar-refractivity contribution in [2.24, 2.45) is 0 Å². The maximum atomic E-state index is 12.4. The van der Waals surface area contributed by atoms with Gasteiger partial charge < -0.3 is 20.2 Å². The highest BCUT2D eigenvalue weighted by Gasteiger charge is 2.32. The molecule has 0 radical (unpaired) electrons. The number of nitrogens with one attached hydrogen (secondary N) is 1. The molecular formula is C15H23N3O2. The Bertz CT molecular complexity index is 463. The van der Waals surface area contributed by atoms with Crippen molar-refractivity contribution in [3.05, 3.63) is 24.3 Å². The summed E-state index contributed by atoms with van der Waals surface area (Å²) in [6.45, 7) is 6.89. The third-order valence-electron chi connectivity index (χ3n) is 3.94. The summed E-state index contributed by atoms with van der Waals surface area (Å²) in [6.07, 6.45) is 0. The van der Waals surface area contributed by atoms with Gasteiger partial charge in [-0.05, 0) is 45.2 Å². The van der Waals surface area contributed by atoms with Gasteiger partial charge >= 0.3 is 0 Å². The minimum atomic E-state index is -0.513. The van der Waals surface area contributed by atoms with E-state index >= 15 is 0 Å². The molecule has 0 unspecified atom stereocenters. The van der Waals surface area contributed by atoms with Gasteiger partial charge in [0.25, 0.3) is 0 Å². The number of aromatic hydroxyl groups is 1. The molecule has 1 aliphatic heterocycles. The van der Waals surface area contributed by atoms with Crippen LogP contribution in [0.3, 0.4) is 0 Å². The fraction of sp³-hybridized carbons (Fsp3) is 0.533. The molecule has 20 heavy (non-hydrogen) atoms. The molecule has 5 nitrogen and oxygen atoms in total. The highest BCUT2D eigenvalue weighted by molar-refractivity contribution is 5.85. The van der Waals surface area contributed by atoms with Crippen LogP contribution in [0.1, 0.15) is 13.8 Å². The summed E-state index contributed by atoms with van der Waals surface area (Å²) in [5.74, 6) is 0.420. The van der Waals surface area contributed by atoms with E-state index in [4.69, 9.17) is 0 Å². The molecule has 2 N–H and O–H groups in total. The van der Waals surface area contributed by atoms with E-state index in [1.165, 1.54) is 0 Å². The van der Waals surface area contributed by atoms with Gasteiger partial charge in [-0.1, -0.05) is 0 Å². The van der Waals surface area contributed by atoms with E-state index in [0.717, 1.165) is 31.9 Å². The number of anilines is 1. The molecule has 0 spiro atoms. The number of carbonyl (C=O) groups excluding carboxylic acids is 1. The summed E-state index contributed by atoms with van der Waals surface area (Å²) < 4.78 is 0. The van der Waals surface area contributed by atoms with Crippen LogP contribution in [-0.2, 0) is 4.79 Å². The van der Waals surface area contributed by atoms with Gasteiger partial charge in [0.05, 0.1) is 5.54 Å². The summed E-state index contributed by atoms with van der Waals surface area (Å²) in [4.78, 5) is 16.5. The largest absolute Gasteiger partial charge is 0.508 e. The molecule has 1 aromatic carbocycles. The highest BCUT2D eigenvalue weighted by atomic mass is 16.3. The summed E-state index contributed by atoms with van der Waals surface area (Å²) in [5.41, 5.74) is 0.573. The first-order chi connectivity index (χ1) is 9.44. The van der Waals surface area contributed by atoms with Gasteiger partial charge in [0.2, 0.25) is 5.91 Å². The van der Waals surface area contributed by atoms with E-state index < -0.39 is 5.54 Å². The van der Waals surface area contributed by atoms with Crippen molar-refractivity contribution < 1.29 is 9.90 Å². The minimum absolute atomic E-state index is 0.144. The van der Waals surface area contributed by atoms with Crippen molar-refractivity contribution in [3.8, 4) is 5.75 Å². The Morgan fingerprint density at radius 1 is 1.15 bits per heavy atom. The van der Waals surface area contributed by atoms with Crippen molar-refractivity contribution in [2.45, 2.75) is 19.4 Å². The predicted octanol–water partition coefficient (Wildman–Crippen LogP) is 1.04. The standard InChI is InChI=1S/C15H23N3O2/c1-15(2,16-3)14(20)18-10-8-17(9-11-18)12-4-6-13(19)7-5-12/h4-7,16,19H,8-11H2,1-3H3. The van der Waals surface area contributed by atoms with Crippen LogP contribution in [0.4, 0.5) is 5.69 Å². The number of hydrogen-bond acceptors (Lipinski definition) is 4. The Labute approximate surface area is 120 Å². The van der Waals surface area contributed by atoms with Crippen LogP contribution < -0.4 is 10.2 Å². The number of amides is 1. The molecular weight excluding hydrogens is 254 g/mol. The lowest BCUT2D eigenvalue weighted by Crippen LogP contribution is -2.58. The van der Waals surface area contributed by atoms with Crippen LogP contribution in [-0.4, -0.2) is 54.7 Å². The van der Waals surface area contributed by atoms with Crippen LogP contribution >= 0.6 is 0 Å². The zero-order chi connectivity index (χ0) is 14.8. The smallest absolute Gasteiger partial charge is 0.242 e. The summed E-state index contributed by atoms with van der Waals surface area (Å²) in [7, 11) is 1.81. The van der Waals surface area contributed by atoms with Gasteiger partial charge in [0, 0.05) is 31.9 Å². The zero-order valence-electron chi connectivity index (χ0n) is 12.4. The van der Waals surface area contributed by atoms with Crippen molar-refractivity contribution in [1.82, 2.24) is 10.2 Å². The van der Waals surface area contributed by atoms with Crippen LogP contribution in [0, 0.1) is 0 Å². The number of piperazine rings is 1. The van der Waals surface area contributed by atoms with Gasteiger partial charge in [-0.25, -0.2) is 0 Å². The molecule has 1 aliphatic rings. The lowest BCUT2D eigenvalue weighted by Gasteiger charge is -2.39. The number of phenolic OH excluding ortho intramolecular Hbond substituents is 1. The van der Waals surface area contributed by atoms with Crippen LogP contribution in [0.2, 0.25) is 0 Å². The molecule has 1 heterocycles. The van der Waals surface area contributed by atoms with Gasteiger partial charge in [0.1, 0.15) is 5.75 Å². The molecule has 5 heteroatoms. The Balaban J connectivity index is 1.96. The summed E-state index contributed by atoms with van der Waals surface area (Å²) in [5, 5.41) is 12.4. The average molecular weight is 277 g/mol. The van der Waals surface area contributed by atoms with E-state index in [1.807, 2.05) is 37.9 Å². The van der Waals surface area contributed by atoms with Crippen molar-refractivity contribution >= 4 is 11.6 Å². The van der Waals surface area contributed by atoms with Crippen molar-refractivity contribution in [3.63, 3.8) is 0 Å². The summed E-state index contributed by atoms with van der Waals surface area (Å²) >= 11 is 0. The molecule has 2 rings (SSSR count). The lowest BCUT2D eigenvalue weighted by molar-refractivity contribution is -0.137. The van der Waals surface area contributed by atoms with Gasteiger partial charge in [-0.2, -0.15) is 0 Å². The molecule has 1 saturated heterocycles. The van der Waals surface area contributed by atoms with Crippen molar-refractivity contribution in [1.29, 1.82) is 0 Å². The number of hydrogen-bond donors (Lipinski definition) is 2. The second-order valence-corrected chi connectivity index (χ2v) is 5.67. The van der Waals surface area contributed by atoms with E-state index in [1.54, 1.807) is 12.1 Å². The molecule has 0 aliphatic carbocycles. The molecule has 1 aromatic rings. The molecule has 0 saturated carbocycles. The van der Waals surface area contributed by atoms with Gasteiger partial charge in [-0.3, -0.25) is 4.79 Å². The lowest BCUT2D eigenvalue weighted by atomic mass is 10.0. The SMILES string of the molecule is CNC(C)(C)C(=O)N1CCN(c2ccc(O)cc2)CC1. The predicted molar refractivity (Wildman–Crippen MR) is 80.0 cm³/mol. The molecule has 0 aromatic heterocycles. The molecule has 0 atom stereocenters. The third kappa shape index (κ3) is 3.04. The highest BCUT2D eigenvalue weighted by Crippen LogP contribution is 2.20. The van der Waals surface area contributed by atoms with Crippen LogP contribution in [0.25, 0.3) is 0 Å². The average Bonchev–Trinajstić information content (AvgIpc) is 2.47. The Morgan fingerprint density at radius 3 is 2.20 bits per heavy atom. The Morgan fingerprint density at radius 2 is 1.70 bits per heavy atom. The molecule has 1 amide bonds. The number of likely N-dealkylation sites (N-methyl/N-ethyl adjacent to an activating group) is 1. The number of nitrogens with zero attached hydrogens (tertiary/aromatic N) is 2. The number of phenols is 1. The number of rotatable bonds is 3. The molecule has 0 bridgehead atoms. The number of carbonyl (C=O) groups is 1. The second kappa shape index (κ2) is 5.71. The fourth-order valence-electron chi connectivity index (χ4n) is 2.33. The van der Waals surface area contributed by atoms with E-state index in [2.05, 4.69) is 10.2 Å². The first kappa shape index (κ1) is 14.7. The van der Waals surface area contributed by atoms with E-state index in [9.17, 15) is 9.90 Å². The first-order valence-electron chi connectivity index (χ1n) is 6.96. The number of benzene rings is 1. The Kier molecular flexibility index (Phi) is 4.18. The van der Waals surface area contributed by atoms with Gasteiger partial charge in [-0.15, -0.1) is 0 Å². The quantitative estimate of drug-likeness (QED) is 0.867. The maximum Gasteiger partial charge on any atom is 0.242 e. The maximum absolute atomic E-state index is 12.4. The molecule has 110 valence electrons. The monoisotopic (exact) mass is 277 g/mol. The van der Waals surface area contributed by atoms with E-state index in [0.29, 0.717) is 0 Å². The van der Waals surface area contributed by atoms with E-state index in [-0.39, 0.29) is 11.7 Å². The second-order valence-electron chi connectivity index (χ2n) is 5.67. The first-order valence-corrected chi connectivity index (χ1v) is 6.96. The normalized spacial score (nSPS) is 16.4. The topological polar surface area (TPSA) is 55.8 Å². The third-order valence-corrected chi connectivity index (χ3v) is 3.94. The van der Waals surface area contributed by atoms with Crippen LogP contribution in [0.5, 0.6) is 5.75 Å². The summed E-state index contributed by atoms with van der Waals surface area (Å²) in [6, 6.07) is 7.20. The van der Waals surface area contributed by atoms with Crippen molar-refractivity contribution in [2.75, 3.05) is 38.1 Å².